The molecule has 0 radical (unpaired) electrons. The lowest BCUT2D eigenvalue weighted by molar-refractivity contribution is 0.291. The van der Waals surface area contributed by atoms with Crippen LogP contribution in [0.3, 0.4) is 0 Å². The van der Waals surface area contributed by atoms with E-state index in [0.717, 1.165) is 0 Å². The van der Waals surface area contributed by atoms with E-state index in [-0.39, 0.29) is 0 Å². The Bertz CT molecular complexity index is 127. The second-order valence-electron chi connectivity index (χ2n) is 3.17. The summed E-state index contributed by atoms with van der Waals surface area (Å²) in [6.45, 7) is 6.38. The van der Waals surface area contributed by atoms with Gasteiger partial charge in [-0.3, -0.25) is 0 Å². The Labute approximate surface area is 82.5 Å². The lowest BCUT2D eigenvalue weighted by Crippen LogP contribution is -1.80. The van der Waals surface area contributed by atoms with E-state index >= 15 is 0 Å². The largest absolute Gasteiger partial charge is 0.498 e. The fourth-order valence-corrected chi connectivity index (χ4v) is 1.18. The molecule has 0 aromatic rings. The van der Waals surface area contributed by atoms with Gasteiger partial charge in [0, 0.05) is 0 Å². The lowest BCUT2D eigenvalue weighted by Gasteiger charge is -1.96. The molecule has 0 saturated heterocycles. The summed E-state index contributed by atoms with van der Waals surface area (Å²) in [5.74, 6) is 0. The second-order valence-corrected chi connectivity index (χ2v) is 3.17. The maximum absolute atomic E-state index is 4.96. The quantitative estimate of drug-likeness (QED) is 0.297. The highest BCUT2D eigenvalue weighted by molar-refractivity contribution is 4.81. The highest BCUT2D eigenvalue weighted by Gasteiger charge is 1.85. The van der Waals surface area contributed by atoms with Crippen LogP contribution in [-0.4, -0.2) is 6.61 Å². The van der Waals surface area contributed by atoms with E-state index in [4.69, 9.17) is 4.74 Å². The van der Waals surface area contributed by atoms with Crippen LogP contribution in [0.15, 0.2) is 25.0 Å². The molecule has 0 aliphatic carbocycles. The van der Waals surface area contributed by atoms with Crippen molar-refractivity contribution in [1.82, 2.24) is 0 Å². The van der Waals surface area contributed by atoms with Gasteiger partial charge >= 0.3 is 0 Å². The molecule has 0 N–H and O–H groups in total. The number of allylic oxidation sites excluding steroid dienone is 1. The second kappa shape index (κ2) is 11.3. The van der Waals surface area contributed by atoms with E-state index in [0.29, 0.717) is 6.61 Å². The molecule has 1 heteroatoms. The van der Waals surface area contributed by atoms with Crippen molar-refractivity contribution in [2.24, 2.45) is 0 Å². The molecule has 0 rings (SSSR count). The minimum atomic E-state index is 0.665. The summed E-state index contributed by atoms with van der Waals surface area (Å²) in [7, 11) is 0. The molecule has 0 aromatic heterocycles. The Morgan fingerprint density at radius 3 is 2.54 bits per heavy atom. The summed E-state index contributed by atoms with van der Waals surface area (Å²) in [6, 6.07) is 0. The van der Waals surface area contributed by atoms with Crippen LogP contribution in [-0.2, 0) is 4.74 Å². The molecule has 0 atom stereocenters. The highest BCUT2D eigenvalue weighted by Crippen LogP contribution is 2.05. The topological polar surface area (TPSA) is 9.23 Å². The minimum absolute atomic E-state index is 0.665. The molecular weight excluding hydrogens is 160 g/mol. The van der Waals surface area contributed by atoms with Gasteiger partial charge in [0.1, 0.15) is 6.61 Å². The maximum Gasteiger partial charge on any atom is 0.105 e. The van der Waals surface area contributed by atoms with Crippen molar-refractivity contribution < 1.29 is 4.74 Å². The summed E-state index contributed by atoms with van der Waals surface area (Å²) in [4.78, 5) is 0. The first-order valence-corrected chi connectivity index (χ1v) is 5.29. The molecule has 0 bridgehead atoms. The predicted molar refractivity (Wildman–Crippen MR) is 58.7 cm³/mol. The molecule has 13 heavy (non-hydrogen) atoms. The van der Waals surface area contributed by atoms with Crippen LogP contribution in [0.4, 0.5) is 0 Å². The lowest BCUT2D eigenvalue weighted by atomic mass is 10.1. The third-order valence-corrected chi connectivity index (χ3v) is 1.95. The smallest absolute Gasteiger partial charge is 0.105 e. The highest BCUT2D eigenvalue weighted by atomic mass is 16.5. The van der Waals surface area contributed by atoms with E-state index in [1.54, 1.807) is 0 Å². The van der Waals surface area contributed by atoms with E-state index in [1.165, 1.54) is 44.8 Å². The number of ether oxygens (including phenoxy) is 1. The van der Waals surface area contributed by atoms with Crippen molar-refractivity contribution in [1.29, 1.82) is 0 Å². The Morgan fingerprint density at radius 1 is 1.08 bits per heavy atom. The van der Waals surface area contributed by atoms with Crippen molar-refractivity contribution in [3.05, 3.63) is 25.0 Å². The molecule has 0 aliphatic heterocycles. The number of unbranched alkanes of at least 4 members (excludes halogenated alkanes) is 5. The Kier molecular flexibility index (Phi) is 10.7. The zero-order valence-electron chi connectivity index (χ0n) is 8.80. The maximum atomic E-state index is 4.96. The van der Waals surface area contributed by atoms with Gasteiger partial charge in [0.15, 0.2) is 0 Å². The zero-order chi connectivity index (χ0) is 9.78. The third kappa shape index (κ3) is 11.3. The fraction of sp³-hybridized carbons (Fsp3) is 0.667. The van der Waals surface area contributed by atoms with Gasteiger partial charge in [0.25, 0.3) is 0 Å². The molecule has 0 amide bonds. The van der Waals surface area contributed by atoms with Gasteiger partial charge in [-0.2, -0.15) is 0 Å². The van der Waals surface area contributed by atoms with Crippen LogP contribution in [0.5, 0.6) is 0 Å². The van der Waals surface area contributed by atoms with Crippen LogP contribution in [0.2, 0.25) is 0 Å². The Morgan fingerprint density at radius 2 is 1.85 bits per heavy atom. The van der Waals surface area contributed by atoms with Gasteiger partial charge in [0.05, 0.1) is 6.26 Å². The SMILES string of the molecule is C=COCC=CCCCCCCC. The van der Waals surface area contributed by atoms with Crippen LogP contribution in [0.1, 0.15) is 45.4 Å². The van der Waals surface area contributed by atoms with E-state index in [2.05, 4.69) is 25.7 Å². The number of rotatable bonds is 9. The minimum Gasteiger partial charge on any atom is -0.498 e. The van der Waals surface area contributed by atoms with E-state index in [1.807, 2.05) is 0 Å². The van der Waals surface area contributed by atoms with Crippen molar-refractivity contribution >= 4 is 0 Å². The molecule has 0 heterocycles. The van der Waals surface area contributed by atoms with Gasteiger partial charge < -0.3 is 4.74 Å². The summed E-state index contributed by atoms with van der Waals surface area (Å²) < 4.78 is 4.96. The average molecular weight is 182 g/mol. The summed E-state index contributed by atoms with van der Waals surface area (Å²) in [5.41, 5.74) is 0. The molecular formula is C12H22O. The third-order valence-electron chi connectivity index (χ3n) is 1.95. The first kappa shape index (κ1) is 12.3. The molecule has 0 fully saturated rings. The number of hydrogen-bond acceptors (Lipinski definition) is 1. The average Bonchev–Trinajstić information content (AvgIpc) is 2.16. The molecule has 76 valence electrons. The van der Waals surface area contributed by atoms with Crippen molar-refractivity contribution in [2.75, 3.05) is 6.61 Å². The zero-order valence-corrected chi connectivity index (χ0v) is 8.80. The van der Waals surface area contributed by atoms with Gasteiger partial charge in [-0.05, 0) is 12.8 Å². The van der Waals surface area contributed by atoms with E-state index < -0.39 is 0 Å². The first-order chi connectivity index (χ1) is 6.41. The summed E-state index contributed by atoms with van der Waals surface area (Å²) in [5, 5.41) is 0. The molecule has 0 spiro atoms. The fourth-order valence-electron chi connectivity index (χ4n) is 1.18. The van der Waals surface area contributed by atoms with Gasteiger partial charge in [-0.15, -0.1) is 0 Å². The van der Waals surface area contributed by atoms with Gasteiger partial charge in [-0.25, -0.2) is 0 Å². The molecule has 0 saturated carbocycles. The Balaban J connectivity index is 2.97. The summed E-state index contributed by atoms with van der Waals surface area (Å²) in [6.07, 6.45) is 13.7. The monoisotopic (exact) mass is 182 g/mol. The van der Waals surface area contributed by atoms with Crippen molar-refractivity contribution in [2.45, 2.75) is 45.4 Å². The normalized spacial score (nSPS) is 10.5. The Hall–Kier alpha value is -0.720. The molecule has 0 aromatic carbocycles. The summed E-state index contributed by atoms with van der Waals surface area (Å²) >= 11 is 0. The van der Waals surface area contributed by atoms with Crippen LogP contribution in [0, 0.1) is 0 Å². The van der Waals surface area contributed by atoms with Crippen molar-refractivity contribution in [3.63, 3.8) is 0 Å². The molecule has 0 unspecified atom stereocenters. The van der Waals surface area contributed by atoms with Crippen molar-refractivity contribution in [3.8, 4) is 0 Å². The van der Waals surface area contributed by atoms with E-state index in [9.17, 15) is 0 Å². The number of hydrogen-bond donors (Lipinski definition) is 0. The van der Waals surface area contributed by atoms with Crippen LogP contribution < -0.4 is 0 Å². The van der Waals surface area contributed by atoms with Crippen LogP contribution in [0.25, 0.3) is 0 Å². The molecule has 1 nitrogen and oxygen atoms in total. The van der Waals surface area contributed by atoms with Crippen LogP contribution >= 0.6 is 0 Å². The first-order valence-electron chi connectivity index (χ1n) is 5.29. The molecule has 0 aliphatic rings. The van der Waals surface area contributed by atoms with Gasteiger partial charge in [-0.1, -0.05) is 51.3 Å². The standard InChI is InChI=1S/C12H22O/c1-3-5-6-7-8-9-10-11-12-13-4-2/h4,10-11H,2-3,5-9,12H2,1H3. The predicted octanol–water partition coefficient (Wildman–Crippen LogP) is 4.06. The van der Waals surface area contributed by atoms with Gasteiger partial charge in [0.2, 0.25) is 0 Å².